The van der Waals surface area contributed by atoms with E-state index in [-0.39, 0.29) is 16.9 Å². The summed E-state index contributed by atoms with van der Waals surface area (Å²) in [4.78, 5) is 34.1. The molecule has 1 aromatic carbocycles. The number of benzene rings is 1. The molecule has 0 aliphatic rings. The van der Waals surface area contributed by atoms with E-state index in [1.165, 1.54) is 24.3 Å². The fourth-order valence-electron chi connectivity index (χ4n) is 1.45. The van der Waals surface area contributed by atoms with Gasteiger partial charge in [-0.3, -0.25) is 4.79 Å². The first-order valence-electron chi connectivity index (χ1n) is 5.83. The van der Waals surface area contributed by atoms with Crippen molar-refractivity contribution in [1.29, 1.82) is 0 Å². The van der Waals surface area contributed by atoms with Crippen LogP contribution >= 0.6 is 11.6 Å². The molecule has 0 aliphatic carbocycles. The van der Waals surface area contributed by atoms with E-state index in [9.17, 15) is 24.6 Å². The Hall–Kier alpha value is -1.80. The van der Waals surface area contributed by atoms with E-state index < -0.39 is 36.7 Å². The first-order valence-corrected chi connectivity index (χ1v) is 6.21. The molecule has 0 aromatic heterocycles. The summed E-state index contributed by atoms with van der Waals surface area (Å²) < 4.78 is 4.73. The quantitative estimate of drug-likeness (QED) is 0.451. The van der Waals surface area contributed by atoms with Crippen LogP contribution in [-0.2, 0) is 14.3 Å². The third kappa shape index (κ3) is 4.61. The maximum atomic E-state index is 11.8. The highest BCUT2D eigenvalue weighted by molar-refractivity contribution is 6.30. The van der Waals surface area contributed by atoms with Crippen LogP contribution in [0, 0.1) is 0 Å². The number of Topliss-reactive ketones (excluding diaryl/α,β-unsaturated/α-hetero) is 1. The molecule has 0 fully saturated rings. The van der Waals surface area contributed by atoms with E-state index in [0.29, 0.717) is 0 Å². The number of ether oxygens (including phenoxy) is 1. The maximum absolute atomic E-state index is 11.8. The molecular formula is C13H13ClO7. The number of aldehydes is 1. The second kappa shape index (κ2) is 7.84. The second-order valence-electron chi connectivity index (χ2n) is 4.06. The van der Waals surface area contributed by atoms with Gasteiger partial charge in [-0.05, 0) is 18.2 Å². The highest BCUT2D eigenvalue weighted by Gasteiger charge is 2.34. The van der Waals surface area contributed by atoms with Crippen molar-refractivity contribution in [2.24, 2.45) is 0 Å². The molecule has 0 amide bonds. The molecule has 8 heteroatoms. The first kappa shape index (κ1) is 17.3. The molecule has 0 heterocycles. The minimum absolute atomic E-state index is 0.00288. The number of hydrogen-bond acceptors (Lipinski definition) is 7. The van der Waals surface area contributed by atoms with Crippen molar-refractivity contribution in [2.75, 3.05) is 6.61 Å². The summed E-state index contributed by atoms with van der Waals surface area (Å²) in [5.41, 5.74) is -0.00288. The number of esters is 1. The Morgan fingerprint density at radius 1 is 1.33 bits per heavy atom. The Bertz CT molecular complexity index is 531. The van der Waals surface area contributed by atoms with Gasteiger partial charge < -0.3 is 24.9 Å². The highest BCUT2D eigenvalue weighted by atomic mass is 35.5. The molecule has 0 saturated heterocycles. The van der Waals surface area contributed by atoms with Crippen LogP contribution in [0.5, 0.6) is 0 Å². The van der Waals surface area contributed by atoms with E-state index in [4.69, 9.17) is 21.4 Å². The molecule has 114 valence electrons. The van der Waals surface area contributed by atoms with Crippen molar-refractivity contribution in [1.82, 2.24) is 0 Å². The lowest BCUT2D eigenvalue weighted by atomic mass is 10.1. The Balaban J connectivity index is 2.93. The molecule has 0 unspecified atom stereocenters. The summed E-state index contributed by atoms with van der Waals surface area (Å²) in [5, 5.41) is 27.6. The molecule has 0 aliphatic heterocycles. The monoisotopic (exact) mass is 316 g/mol. The van der Waals surface area contributed by atoms with E-state index in [0.717, 1.165) is 0 Å². The molecule has 0 spiro atoms. The smallest absolute Gasteiger partial charge is 0.339 e. The highest BCUT2D eigenvalue weighted by Crippen LogP contribution is 2.14. The fraction of sp³-hybridized carbons (Fsp3) is 0.308. The Morgan fingerprint density at radius 3 is 2.52 bits per heavy atom. The molecule has 21 heavy (non-hydrogen) atoms. The minimum Gasteiger partial charge on any atom is -0.447 e. The Kier molecular flexibility index (Phi) is 6.44. The van der Waals surface area contributed by atoms with Crippen molar-refractivity contribution in [3.05, 3.63) is 34.9 Å². The fourth-order valence-corrected chi connectivity index (χ4v) is 1.64. The van der Waals surface area contributed by atoms with E-state index >= 15 is 0 Å². The number of aliphatic hydroxyl groups is 3. The van der Waals surface area contributed by atoms with Crippen LogP contribution < -0.4 is 0 Å². The molecule has 1 rings (SSSR count). The lowest BCUT2D eigenvalue weighted by Gasteiger charge is -2.20. The zero-order valence-electron chi connectivity index (χ0n) is 10.7. The summed E-state index contributed by atoms with van der Waals surface area (Å²) >= 11 is 5.70. The van der Waals surface area contributed by atoms with Gasteiger partial charge in [0.15, 0.2) is 18.5 Å². The van der Waals surface area contributed by atoms with Gasteiger partial charge in [-0.15, -0.1) is 0 Å². The van der Waals surface area contributed by atoms with Gasteiger partial charge in [0.2, 0.25) is 5.78 Å². The SMILES string of the molecule is O=C[C@H](O)[C@@H](OC(=O)c1cccc(Cl)c1)C(=O)[C@H](O)CO. The van der Waals surface area contributed by atoms with Gasteiger partial charge in [0.1, 0.15) is 6.10 Å². The zero-order chi connectivity index (χ0) is 16.0. The summed E-state index contributed by atoms with van der Waals surface area (Å²) in [7, 11) is 0. The van der Waals surface area contributed by atoms with Crippen LogP contribution in [0.25, 0.3) is 0 Å². The molecule has 0 bridgehead atoms. The van der Waals surface area contributed by atoms with Crippen LogP contribution in [0.1, 0.15) is 10.4 Å². The van der Waals surface area contributed by atoms with Gasteiger partial charge in [0, 0.05) is 5.02 Å². The van der Waals surface area contributed by atoms with Gasteiger partial charge in [0.25, 0.3) is 0 Å². The number of aliphatic hydroxyl groups excluding tert-OH is 3. The third-order valence-electron chi connectivity index (χ3n) is 2.53. The third-order valence-corrected chi connectivity index (χ3v) is 2.76. The van der Waals surface area contributed by atoms with Crippen LogP contribution in [-0.4, -0.2) is 58.3 Å². The zero-order valence-corrected chi connectivity index (χ0v) is 11.4. The van der Waals surface area contributed by atoms with Crippen molar-refractivity contribution < 1.29 is 34.4 Å². The number of hydrogen-bond donors (Lipinski definition) is 3. The summed E-state index contributed by atoms with van der Waals surface area (Å²) in [5.74, 6) is -2.20. The van der Waals surface area contributed by atoms with Gasteiger partial charge in [-0.25, -0.2) is 4.79 Å². The average Bonchev–Trinajstić information content (AvgIpc) is 2.50. The number of ketones is 1. The molecular weight excluding hydrogens is 304 g/mol. The lowest BCUT2D eigenvalue weighted by molar-refractivity contribution is -0.146. The topological polar surface area (TPSA) is 121 Å². The number of halogens is 1. The second-order valence-corrected chi connectivity index (χ2v) is 4.50. The molecule has 0 saturated carbocycles. The van der Waals surface area contributed by atoms with E-state index in [1.54, 1.807) is 0 Å². The standard InChI is InChI=1S/C13H13ClO7/c14-8-3-1-2-7(4-8)13(20)21-12(10(18)6-16)11(19)9(17)5-15/h1-4,6,9-10,12,15,17-18H,5H2/t9-,10+,12-/m1/s1. The minimum atomic E-state index is -1.96. The van der Waals surface area contributed by atoms with E-state index in [1.807, 2.05) is 0 Å². The normalized spacial score (nSPS) is 14.9. The van der Waals surface area contributed by atoms with Gasteiger partial charge in [0.05, 0.1) is 12.2 Å². The van der Waals surface area contributed by atoms with Crippen molar-refractivity contribution >= 4 is 29.6 Å². The predicted octanol–water partition coefficient (Wildman–Crippen LogP) is -0.653. The van der Waals surface area contributed by atoms with Crippen LogP contribution in [0.4, 0.5) is 0 Å². The Labute approximate surface area is 124 Å². The van der Waals surface area contributed by atoms with Crippen LogP contribution in [0.15, 0.2) is 24.3 Å². The molecule has 7 nitrogen and oxygen atoms in total. The average molecular weight is 317 g/mol. The Morgan fingerprint density at radius 2 is 2.00 bits per heavy atom. The number of carbonyl (C=O) groups is 3. The first-order chi connectivity index (χ1) is 9.90. The molecule has 0 radical (unpaired) electrons. The van der Waals surface area contributed by atoms with Crippen molar-refractivity contribution in [3.63, 3.8) is 0 Å². The largest absolute Gasteiger partial charge is 0.447 e. The van der Waals surface area contributed by atoms with Crippen LogP contribution in [0.3, 0.4) is 0 Å². The van der Waals surface area contributed by atoms with Crippen molar-refractivity contribution in [3.8, 4) is 0 Å². The lowest BCUT2D eigenvalue weighted by Crippen LogP contribution is -2.45. The van der Waals surface area contributed by atoms with Crippen molar-refractivity contribution in [2.45, 2.75) is 18.3 Å². The summed E-state index contributed by atoms with van der Waals surface area (Å²) in [6.07, 6.45) is -5.77. The number of carbonyl (C=O) groups excluding carboxylic acids is 3. The van der Waals surface area contributed by atoms with E-state index in [2.05, 4.69) is 0 Å². The summed E-state index contributed by atoms with van der Waals surface area (Å²) in [6, 6.07) is 5.60. The van der Waals surface area contributed by atoms with Crippen LogP contribution in [0.2, 0.25) is 5.02 Å². The van der Waals surface area contributed by atoms with Gasteiger partial charge in [-0.2, -0.15) is 0 Å². The van der Waals surface area contributed by atoms with Gasteiger partial charge in [-0.1, -0.05) is 17.7 Å². The predicted molar refractivity (Wildman–Crippen MR) is 70.8 cm³/mol. The molecule has 3 N–H and O–H groups in total. The maximum Gasteiger partial charge on any atom is 0.339 e. The molecule has 1 aromatic rings. The molecule has 3 atom stereocenters. The summed E-state index contributed by atoms with van der Waals surface area (Å²) in [6.45, 7) is -0.935. The number of rotatable bonds is 7. The van der Waals surface area contributed by atoms with Gasteiger partial charge >= 0.3 is 5.97 Å².